The molecular formula is C22H29N3O2S. The van der Waals surface area contributed by atoms with E-state index in [4.69, 9.17) is 4.98 Å². The number of hydrogen-bond acceptors (Lipinski definition) is 4. The Morgan fingerprint density at radius 2 is 1.79 bits per heavy atom. The summed E-state index contributed by atoms with van der Waals surface area (Å²) in [7, 11) is 3.49. The number of likely N-dealkylation sites (tertiary alicyclic amines) is 1. The van der Waals surface area contributed by atoms with E-state index in [9.17, 15) is 9.59 Å². The van der Waals surface area contributed by atoms with E-state index in [-0.39, 0.29) is 11.8 Å². The Labute approximate surface area is 171 Å². The first kappa shape index (κ1) is 20.5. The zero-order valence-corrected chi connectivity index (χ0v) is 18.0. The summed E-state index contributed by atoms with van der Waals surface area (Å²) in [6, 6.07) is 7.57. The van der Waals surface area contributed by atoms with Crippen LogP contribution >= 0.6 is 11.3 Å². The molecule has 5 nitrogen and oxygen atoms in total. The molecule has 150 valence electrons. The number of carbonyl (C=O) groups excluding carboxylic acids is 2. The van der Waals surface area contributed by atoms with Gasteiger partial charge in [-0.3, -0.25) is 9.59 Å². The number of hydrogen-bond donors (Lipinski definition) is 0. The zero-order chi connectivity index (χ0) is 20.3. The highest BCUT2D eigenvalue weighted by atomic mass is 32.1. The van der Waals surface area contributed by atoms with Gasteiger partial charge in [0.15, 0.2) is 0 Å². The van der Waals surface area contributed by atoms with E-state index >= 15 is 0 Å². The fourth-order valence-corrected chi connectivity index (χ4v) is 4.62. The molecule has 1 aliphatic heterocycles. The molecule has 1 aliphatic rings. The van der Waals surface area contributed by atoms with Crippen molar-refractivity contribution >= 4 is 23.2 Å². The summed E-state index contributed by atoms with van der Waals surface area (Å²) < 4.78 is 0. The second-order valence-electron chi connectivity index (χ2n) is 7.75. The van der Waals surface area contributed by atoms with Crippen molar-refractivity contribution in [1.82, 2.24) is 14.8 Å². The molecule has 28 heavy (non-hydrogen) atoms. The summed E-state index contributed by atoms with van der Waals surface area (Å²) in [6.45, 7) is 5.82. The Morgan fingerprint density at radius 1 is 1.14 bits per heavy atom. The maximum Gasteiger partial charge on any atom is 0.253 e. The third-order valence-corrected chi connectivity index (χ3v) is 6.71. The fourth-order valence-electron chi connectivity index (χ4n) is 3.53. The van der Waals surface area contributed by atoms with Crippen LogP contribution < -0.4 is 0 Å². The quantitative estimate of drug-likeness (QED) is 0.768. The van der Waals surface area contributed by atoms with E-state index in [1.165, 1.54) is 9.88 Å². The van der Waals surface area contributed by atoms with Gasteiger partial charge in [-0.25, -0.2) is 4.98 Å². The lowest BCUT2D eigenvalue weighted by molar-refractivity contribution is -0.132. The van der Waals surface area contributed by atoms with Crippen molar-refractivity contribution in [3.8, 4) is 0 Å². The highest BCUT2D eigenvalue weighted by Gasteiger charge is 2.25. The van der Waals surface area contributed by atoms with Gasteiger partial charge in [0.25, 0.3) is 5.91 Å². The van der Waals surface area contributed by atoms with E-state index in [0.717, 1.165) is 37.2 Å². The van der Waals surface area contributed by atoms with Gasteiger partial charge in [-0.15, -0.1) is 11.3 Å². The molecule has 0 saturated carbocycles. The average molecular weight is 400 g/mol. The van der Waals surface area contributed by atoms with Crippen LogP contribution in [0.15, 0.2) is 24.3 Å². The van der Waals surface area contributed by atoms with Crippen LogP contribution in [0.4, 0.5) is 0 Å². The Balaban J connectivity index is 1.47. The lowest BCUT2D eigenvalue weighted by Gasteiger charge is -2.31. The third kappa shape index (κ3) is 4.79. The van der Waals surface area contributed by atoms with Crippen molar-refractivity contribution in [3.05, 3.63) is 51.0 Å². The lowest BCUT2D eigenvalue weighted by atomic mass is 9.97. The predicted octanol–water partition coefficient (Wildman–Crippen LogP) is 3.80. The van der Waals surface area contributed by atoms with Crippen molar-refractivity contribution < 1.29 is 9.59 Å². The number of thiazole rings is 1. The summed E-state index contributed by atoms with van der Waals surface area (Å²) in [6.07, 6.45) is 3.22. The van der Waals surface area contributed by atoms with Crippen molar-refractivity contribution in [1.29, 1.82) is 0 Å². The van der Waals surface area contributed by atoms with Crippen molar-refractivity contribution in [2.45, 2.75) is 45.4 Å². The first-order valence-electron chi connectivity index (χ1n) is 9.87. The molecule has 1 aromatic carbocycles. The summed E-state index contributed by atoms with van der Waals surface area (Å²) >= 11 is 1.80. The van der Waals surface area contributed by atoms with Crippen LogP contribution in [-0.2, 0) is 11.2 Å². The molecule has 1 aromatic heterocycles. The first-order valence-corrected chi connectivity index (χ1v) is 10.7. The largest absolute Gasteiger partial charge is 0.345 e. The van der Waals surface area contributed by atoms with Gasteiger partial charge in [-0.1, -0.05) is 12.1 Å². The lowest BCUT2D eigenvalue weighted by Crippen LogP contribution is -2.38. The van der Waals surface area contributed by atoms with Gasteiger partial charge >= 0.3 is 0 Å². The average Bonchev–Trinajstić information content (AvgIpc) is 3.04. The number of nitrogens with zero attached hydrogens (tertiary/aromatic N) is 3. The second kappa shape index (κ2) is 8.86. The second-order valence-corrected chi connectivity index (χ2v) is 8.98. The fraction of sp³-hybridized carbons (Fsp3) is 0.500. The molecule has 0 aliphatic carbocycles. The summed E-state index contributed by atoms with van der Waals surface area (Å²) in [4.78, 5) is 34.1. The van der Waals surface area contributed by atoms with Crippen LogP contribution in [0, 0.1) is 13.8 Å². The Kier molecular flexibility index (Phi) is 6.50. The first-order chi connectivity index (χ1) is 13.3. The maximum atomic E-state index is 12.6. The molecular weight excluding hydrogens is 370 g/mol. The Bertz CT molecular complexity index is 814. The van der Waals surface area contributed by atoms with Gasteiger partial charge in [0, 0.05) is 50.0 Å². The number of aromatic nitrogens is 1. The minimum absolute atomic E-state index is 0.00360. The summed E-state index contributed by atoms with van der Waals surface area (Å²) in [5.74, 6) is 0.706. The van der Waals surface area contributed by atoms with E-state index < -0.39 is 0 Å². The predicted molar refractivity (Wildman–Crippen MR) is 113 cm³/mol. The van der Waals surface area contributed by atoms with Crippen molar-refractivity contribution in [2.24, 2.45) is 0 Å². The van der Waals surface area contributed by atoms with Crippen molar-refractivity contribution in [2.75, 3.05) is 27.2 Å². The zero-order valence-electron chi connectivity index (χ0n) is 17.2. The minimum atomic E-state index is -0.00360. The molecule has 1 fully saturated rings. The maximum absolute atomic E-state index is 12.6. The number of piperidine rings is 1. The van der Waals surface area contributed by atoms with Crippen LogP contribution in [0.25, 0.3) is 0 Å². The Morgan fingerprint density at radius 3 is 2.32 bits per heavy atom. The molecule has 6 heteroatoms. The van der Waals surface area contributed by atoms with Crippen LogP contribution in [0.3, 0.4) is 0 Å². The standard InChI is InChI=1S/C22H29N3O2S/c1-15-16(2)28-21(23-15)18-11-13-25(14-12-18)20(26)10-7-17-5-8-19(9-6-17)22(27)24(3)4/h5-6,8-9,18H,7,10-14H2,1-4H3. The molecule has 2 heterocycles. The molecule has 0 radical (unpaired) electrons. The van der Waals surface area contributed by atoms with Crippen LogP contribution in [-0.4, -0.2) is 53.8 Å². The van der Waals surface area contributed by atoms with Gasteiger partial charge in [-0.05, 0) is 50.8 Å². The van der Waals surface area contributed by atoms with Gasteiger partial charge in [-0.2, -0.15) is 0 Å². The summed E-state index contributed by atoms with van der Waals surface area (Å²) in [5, 5.41) is 1.23. The highest BCUT2D eigenvalue weighted by molar-refractivity contribution is 7.11. The molecule has 2 amide bonds. The van der Waals surface area contributed by atoms with Crippen LogP contribution in [0.5, 0.6) is 0 Å². The van der Waals surface area contributed by atoms with E-state index in [1.54, 1.807) is 30.3 Å². The molecule has 0 atom stereocenters. The monoisotopic (exact) mass is 399 g/mol. The molecule has 0 unspecified atom stereocenters. The molecule has 2 aromatic rings. The molecule has 0 N–H and O–H groups in total. The van der Waals surface area contributed by atoms with E-state index in [1.807, 2.05) is 29.2 Å². The topological polar surface area (TPSA) is 53.5 Å². The molecule has 1 saturated heterocycles. The van der Waals surface area contributed by atoms with Crippen LogP contribution in [0.1, 0.15) is 56.7 Å². The number of aryl methyl sites for hydroxylation is 3. The van der Waals surface area contributed by atoms with Gasteiger partial charge in [0.1, 0.15) is 0 Å². The SMILES string of the molecule is Cc1nc(C2CCN(C(=O)CCc3ccc(C(=O)N(C)C)cc3)CC2)sc1C. The molecule has 3 rings (SSSR count). The number of rotatable bonds is 5. The van der Waals surface area contributed by atoms with Crippen molar-refractivity contribution in [3.63, 3.8) is 0 Å². The Hall–Kier alpha value is -2.21. The van der Waals surface area contributed by atoms with E-state index in [2.05, 4.69) is 13.8 Å². The highest BCUT2D eigenvalue weighted by Crippen LogP contribution is 2.32. The van der Waals surface area contributed by atoms with Gasteiger partial charge in [0.05, 0.1) is 10.7 Å². The number of amides is 2. The minimum Gasteiger partial charge on any atom is -0.345 e. The summed E-state index contributed by atoms with van der Waals surface area (Å²) in [5.41, 5.74) is 2.90. The number of benzene rings is 1. The normalized spacial score (nSPS) is 14.9. The third-order valence-electron chi connectivity index (χ3n) is 5.48. The van der Waals surface area contributed by atoms with Gasteiger partial charge < -0.3 is 9.80 Å². The number of carbonyl (C=O) groups is 2. The molecule has 0 bridgehead atoms. The smallest absolute Gasteiger partial charge is 0.253 e. The van der Waals surface area contributed by atoms with Crippen LogP contribution in [0.2, 0.25) is 0 Å². The van der Waals surface area contributed by atoms with Gasteiger partial charge in [0.2, 0.25) is 5.91 Å². The molecule has 0 spiro atoms. The van der Waals surface area contributed by atoms with E-state index in [0.29, 0.717) is 24.3 Å².